The van der Waals surface area contributed by atoms with Gasteiger partial charge in [-0.15, -0.1) is 0 Å². The van der Waals surface area contributed by atoms with E-state index in [4.69, 9.17) is 39.5 Å². The van der Waals surface area contributed by atoms with Crippen LogP contribution in [0, 0.1) is 0 Å². The molecule has 0 aliphatic rings. The molecule has 2 aromatic rings. The van der Waals surface area contributed by atoms with Crippen molar-refractivity contribution in [3.8, 4) is 5.75 Å². The molecule has 23 heavy (non-hydrogen) atoms. The normalized spacial score (nSPS) is 10.7. The molecular formula is C16H13Cl3N2O2. The van der Waals surface area contributed by atoms with Crippen molar-refractivity contribution in [1.29, 1.82) is 0 Å². The van der Waals surface area contributed by atoms with Gasteiger partial charge in [0, 0.05) is 18.7 Å². The third-order valence-electron chi connectivity index (χ3n) is 2.78. The van der Waals surface area contributed by atoms with Crippen LogP contribution in [-0.2, 0) is 11.2 Å². The van der Waals surface area contributed by atoms with Crippen LogP contribution < -0.4 is 10.2 Å². The van der Waals surface area contributed by atoms with Gasteiger partial charge in [-0.3, -0.25) is 4.79 Å². The molecule has 0 fully saturated rings. The van der Waals surface area contributed by atoms with Gasteiger partial charge in [0.05, 0.1) is 15.1 Å². The summed E-state index contributed by atoms with van der Waals surface area (Å²) in [7, 11) is 0. The molecule has 2 aromatic carbocycles. The fourth-order valence-corrected chi connectivity index (χ4v) is 2.26. The monoisotopic (exact) mass is 370 g/mol. The standard InChI is InChI=1S/C16H13Cl3N2O2/c17-12-8-14(19)15(9-13(12)18)23-10-16(22)21-20-7-6-11-4-2-1-3-5-11/h1-5,7-9H,6,10H2,(H,21,22). The zero-order valence-electron chi connectivity index (χ0n) is 11.9. The van der Waals surface area contributed by atoms with E-state index in [-0.39, 0.29) is 17.4 Å². The average Bonchev–Trinajstić information content (AvgIpc) is 2.55. The number of nitrogens with zero attached hydrogens (tertiary/aromatic N) is 1. The van der Waals surface area contributed by atoms with E-state index < -0.39 is 5.91 Å². The number of benzene rings is 2. The Hall–Kier alpha value is -1.75. The number of nitrogens with one attached hydrogen (secondary N) is 1. The maximum absolute atomic E-state index is 11.6. The fraction of sp³-hybridized carbons (Fsp3) is 0.125. The van der Waals surface area contributed by atoms with E-state index in [1.165, 1.54) is 12.1 Å². The Morgan fingerprint density at radius 1 is 1.09 bits per heavy atom. The van der Waals surface area contributed by atoms with Crippen LogP contribution in [0.25, 0.3) is 0 Å². The molecule has 120 valence electrons. The Morgan fingerprint density at radius 3 is 2.52 bits per heavy atom. The molecule has 4 nitrogen and oxygen atoms in total. The average molecular weight is 372 g/mol. The van der Waals surface area contributed by atoms with Crippen molar-refractivity contribution >= 4 is 46.9 Å². The molecule has 0 saturated heterocycles. The van der Waals surface area contributed by atoms with E-state index in [0.717, 1.165) is 5.56 Å². The molecule has 0 bridgehead atoms. The van der Waals surface area contributed by atoms with Crippen molar-refractivity contribution in [1.82, 2.24) is 5.43 Å². The molecule has 2 rings (SSSR count). The highest BCUT2D eigenvalue weighted by Gasteiger charge is 2.09. The van der Waals surface area contributed by atoms with Crippen LogP contribution in [-0.4, -0.2) is 18.7 Å². The number of halogens is 3. The largest absolute Gasteiger partial charge is 0.482 e. The number of carbonyl (C=O) groups is 1. The third kappa shape index (κ3) is 5.75. The minimum absolute atomic E-state index is 0.236. The minimum atomic E-state index is -0.406. The summed E-state index contributed by atoms with van der Waals surface area (Å²) in [5, 5.41) is 4.74. The van der Waals surface area contributed by atoms with Gasteiger partial charge in [-0.05, 0) is 11.6 Å². The molecule has 0 aliphatic carbocycles. The lowest BCUT2D eigenvalue weighted by atomic mass is 10.2. The van der Waals surface area contributed by atoms with E-state index in [2.05, 4.69) is 10.5 Å². The van der Waals surface area contributed by atoms with Gasteiger partial charge in [-0.1, -0.05) is 65.1 Å². The number of amides is 1. The summed E-state index contributed by atoms with van der Waals surface area (Å²) in [5.41, 5.74) is 3.47. The van der Waals surface area contributed by atoms with E-state index >= 15 is 0 Å². The molecule has 7 heteroatoms. The second-order valence-electron chi connectivity index (χ2n) is 4.52. The van der Waals surface area contributed by atoms with Crippen molar-refractivity contribution in [2.75, 3.05) is 6.61 Å². The first-order valence-electron chi connectivity index (χ1n) is 6.68. The van der Waals surface area contributed by atoms with Gasteiger partial charge in [-0.25, -0.2) is 5.43 Å². The summed E-state index contributed by atoms with van der Waals surface area (Å²) in [6, 6.07) is 12.7. The van der Waals surface area contributed by atoms with Crippen LogP contribution in [0.2, 0.25) is 15.1 Å². The second-order valence-corrected chi connectivity index (χ2v) is 5.74. The molecule has 0 heterocycles. The van der Waals surface area contributed by atoms with Crippen molar-refractivity contribution in [2.24, 2.45) is 5.10 Å². The Labute approximate surface area is 149 Å². The minimum Gasteiger partial charge on any atom is -0.482 e. The van der Waals surface area contributed by atoms with Crippen LogP contribution in [0.1, 0.15) is 5.56 Å². The van der Waals surface area contributed by atoms with Gasteiger partial charge in [0.15, 0.2) is 6.61 Å². The topological polar surface area (TPSA) is 50.7 Å². The first-order valence-corrected chi connectivity index (χ1v) is 7.81. The predicted octanol–water partition coefficient (Wildman–Crippen LogP) is 4.37. The lowest BCUT2D eigenvalue weighted by Crippen LogP contribution is -2.24. The van der Waals surface area contributed by atoms with Crippen LogP contribution in [0.3, 0.4) is 0 Å². The predicted molar refractivity (Wildman–Crippen MR) is 93.7 cm³/mol. The number of hydrogen-bond acceptors (Lipinski definition) is 3. The van der Waals surface area contributed by atoms with Crippen molar-refractivity contribution in [3.05, 3.63) is 63.1 Å². The van der Waals surface area contributed by atoms with Crippen LogP contribution in [0.5, 0.6) is 5.75 Å². The highest BCUT2D eigenvalue weighted by atomic mass is 35.5. The van der Waals surface area contributed by atoms with Gasteiger partial charge in [-0.2, -0.15) is 5.10 Å². The lowest BCUT2D eigenvalue weighted by molar-refractivity contribution is -0.123. The highest BCUT2D eigenvalue weighted by Crippen LogP contribution is 2.33. The molecule has 0 aromatic heterocycles. The zero-order chi connectivity index (χ0) is 16.7. The van der Waals surface area contributed by atoms with Crippen LogP contribution in [0.4, 0.5) is 0 Å². The highest BCUT2D eigenvalue weighted by molar-refractivity contribution is 6.43. The summed E-state index contributed by atoms with van der Waals surface area (Å²) >= 11 is 17.6. The molecular weight excluding hydrogens is 359 g/mol. The molecule has 0 saturated carbocycles. The summed E-state index contributed by atoms with van der Waals surface area (Å²) < 4.78 is 5.29. The fourth-order valence-electron chi connectivity index (χ4n) is 1.67. The number of carbonyl (C=O) groups excluding carboxylic acids is 1. The first-order chi connectivity index (χ1) is 11.1. The summed E-state index contributed by atoms with van der Waals surface area (Å²) in [6.07, 6.45) is 2.24. The first kappa shape index (κ1) is 17.6. The maximum Gasteiger partial charge on any atom is 0.277 e. The van der Waals surface area contributed by atoms with E-state index in [1.54, 1.807) is 6.21 Å². The van der Waals surface area contributed by atoms with Gasteiger partial charge < -0.3 is 4.74 Å². The van der Waals surface area contributed by atoms with Gasteiger partial charge in [0.1, 0.15) is 5.75 Å². The summed E-state index contributed by atoms with van der Waals surface area (Å²) in [4.78, 5) is 11.6. The van der Waals surface area contributed by atoms with Crippen molar-refractivity contribution in [3.63, 3.8) is 0 Å². The zero-order valence-corrected chi connectivity index (χ0v) is 14.2. The Balaban J connectivity index is 1.78. The quantitative estimate of drug-likeness (QED) is 0.466. The van der Waals surface area contributed by atoms with Crippen LogP contribution in [0.15, 0.2) is 47.6 Å². The molecule has 0 radical (unpaired) electrons. The van der Waals surface area contributed by atoms with Crippen LogP contribution >= 0.6 is 34.8 Å². The van der Waals surface area contributed by atoms with Gasteiger partial charge in [0.25, 0.3) is 5.91 Å². The summed E-state index contributed by atoms with van der Waals surface area (Å²) in [5.74, 6) is -0.124. The van der Waals surface area contributed by atoms with E-state index in [0.29, 0.717) is 16.5 Å². The Kier molecular flexibility index (Phi) is 6.71. The van der Waals surface area contributed by atoms with Crippen molar-refractivity contribution < 1.29 is 9.53 Å². The van der Waals surface area contributed by atoms with Gasteiger partial charge in [0.2, 0.25) is 0 Å². The Bertz CT molecular complexity index is 706. The number of ether oxygens (including phenoxy) is 1. The smallest absolute Gasteiger partial charge is 0.277 e. The van der Waals surface area contributed by atoms with E-state index in [9.17, 15) is 4.79 Å². The molecule has 1 N–H and O–H groups in total. The molecule has 0 aliphatic heterocycles. The van der Waals surface area contributed by atoms with Gasteiger partial charge >= 0.3 is 0 Å². The number of hydrazone groups is 1. The molecule has 0 spiro atoms. The second kappa shape index (κ2) is 8.77. The summed E-state index contributed by atoms with van der Waals surface area (Å²) in [6.45, 7) is -0.236. The number of hydrogen-bond donors (Lipinski definition) is 1. The SMILES string of the molecule is O=C(COc1cc(Cl)c(Cl)cc1Cl)NN=CCc1ccccc1. The number of rotatable bonds is 6. The van der Waals surface area contributed by atoms with E-state index in [1.807, 2.05) is 30.3 Å². The Morgan fingerprint density at radius 2 is 1.78 bits per heavy atom. The van der Waals surface area contributed by atoms with Crippen molar-refractivity contribution in [2.45, 2.75) is 6.42 Å². The lowest BCUT2D eigenvalue weighted by Gasteiger charge is -2.08. The maximum atomic E-state index is 11.6. The molecule has 0 atom stereocenters. The molecule has 0 unspecified atom stereocenters. The third-order valence-corrected chi connectivity index (χ3v) is 3.80. The molecule has 1 amide bonds.